The van der Waals surface area contributed by atoms with Crippen molar-refractivity contribution >= 4 is 17.8 Å². The molecule has 2 amide bonds. The number of aromatic nitrogens is 2. The Kier molecular flexibility index (Phi) is 6.47. The molecule has 0 radical (unpaired) electrons. The number of carbonyl (C=O) groups is 2. The third-order valence-electron chi connectivity index (χ3n) is 5.36. The number of ether oxygens (including phenoxy) is 1. The molecular weight excluding hydrogens is 346 g/mol. The standard InChI is InChI=1S/C19H29N5O3/c1-3-15-7-5-6-8-24(15)17-13-16(20-14-21-17)18(25)22-9-11-23(12-10-22)19(26)27-4-2/h13-15H,3-12H2,1-2H3. The Morgan fingerprint density at radius 2 is 1.81 bits per heavy atom. The molecule has 8 nitrogen and oxygen atoms in total. The number of amides is 2. The van der Waals surface area contributed by atoms with Crippen LogP contribution in [0.3, 0.4) is 0 Å². The van der Waals surface area contributed by atoms with Crippen LogP contribution in [0.4, 0.5) is 10.6 Å². The first kappa shape index (κ1) is 19.4. The minimum Gasteiger partial charge on any atom is -0.450 e. The van der Waals surface area contributed by atoms with Gasteiger partial charge in [-0.2, -0.15) is 0 Å². The van der Waals surface area contributed by atoms with Crippen LogP contribution in [0, 0.1) is 0 Å². The second-order valence-corrected chi connectivity index (χ2v) is 6.99. The molecule has 1 unspecified atom stereocenters. The molecule has 1 aromatic rings. The van der Waals surface area contributed by atoms with Crippen LogP contribution in [0.1, 0.15) is 50.0 Å². The van der Waals surface area contributed by atoms with E-state index >= 15 is 0 Å². The summed E-state index contributed by atoms with van der Waals surface area (Å²) in [5, 5.41) is 0. The summed E-state index contributed by atoms with van der Waals surface area (Å²) in [6, 6.07) is 2.29. The Morgan fingerprint density at radius 1 is 1.07 bits per heavy atom. The molecule has 0 bridgehead atoms. The van der Waals surface area contributed by atoms with Gasteiger partial charge in [-0.05, 0) is 32.6 Å². The Morgan fingerprint density at radius 3 is 2.52 bits per heavy atom. The maximum atomic E-state index is 12.9. The van der Waals surface area contributed by atoms with Gasteiger partial charge in [0.15, 0.2) is 0 Å². The minimum atomic E-state index is -0.315. The molecule has 2 aliphatic rings. The van der Waals surface area contributed by atoms with E-state index in [4.69, 9.17) is 4.74 Å². The van der Waals surface area contributed by atoms with Crippen molar-refractivity contribution in [3.05, 3.63) is 18.1 Å². The molecular formula is C19H29N5O3. The third-order valence-corrected chi connectivity index (χ3v) is 5.36. The molecule has 148 valence electrons. The molecule has 0 N–H and O–H groups in total. The van der Waals surface area contributed by atoms with Crippen molar-refractivity contribution in [2.45, 2.75) is 45.6 Å². The lowest BCUT2D eigenvalue weighted by Crippen LogP contribution is -2.50. The monoisotopic (exact) mass is 375 g/mol. The van der Waals surface area contributed by atoms with Gasteiger partial charge in [0.2, 0.25) is 0 Å². The second kappa shape index (κ2) is 9.01. The SMILES string of the molecule is CCOC(=O)N1CCN(C(=O)c2cc(N3CCCCC3CC)ncn2)CC1. The summed E-state index contributed by atoms with van der Waals surface area (Å²) in [5.74, 6) is 0.734. The first-order valence-electron chi connectivity index (χ1n) is 9.93. The Labute approximate surface area is 160 Å². The molecule has 0 aliphatic carbocycles. The maximum Gasteiger partial charge on any atom is 0.409 e. The number of rotatable bonds is 4. The van der Waals surface area contributed by atoms with Crippen molar-refractivity contribution in [3.8, 4) is 0 Å². The molecule has 0 saturated carbocycles. The van der Waals surface area contributed by atoms with E-state index in [2.05, 4.69) is 21.8 Å². The summed E-state index contributed by atoms with van der Waals surface area (Å²) in [7, 11) is 0. The Hall–Kier alpha value is -2.38. The number of hydrogen-bond acceptors (Lipinski definition) is 6. The normalized spacial score (nSPS) is 20.5. The fourth-order valence-electron chi connectivity index (χ4n) is 3.82. The van der Waals surface area contributed by atoms with E-state index in [1.165, 1.54) is 19.2 Å². The summed E-state index contributed by atoms with van der Waals surface area (Å²) in [6.07, 6.45) is 5.81. The van der Waals surface area contributed by atoms with Gasteiger partial charge in [-0.25, -0.2) is 14.8 Å². The number of nitrogens with zero attached hydrogens (tertiary/aromatic N) is 5. The highest BCUT2D eigenvalue weighted by Crippen LogP contribution is 2.25. The first-order valence-corrected chi connectivity index (χ1v) is 9.93. The van der Waals surface area contributed by atoms with E-state index in [0.29, 0.717) is 44.5 Å². The van der Waals surface area contributed by atoms with Gasteiger partial charge in [-0.15, -0.1) is 0 Å². The molecule has 1 aromatic heterocycles. The second-order valence-electron chi connectivity index (χ2n) is 6.99. The van der Waals surface area contributed by atoms with Gasteiger partial charge in [0.1, 0.15) is 17.8 Å². The largest absolute Gasteiger partial charge is 0.450 e. The molecule has 0 spiro atoms. The van der Waals surface area contributed by atoms with Crippen molar-refractivity contribution in [2.24, 2.45) is 0 Å². The van der Waals surface area contributed by atoms with Crippen LogP contribution in [0.15, 0.2) is 12.4 Å². The molecule has 2 fully saturated rings. The van der Waals surface area contributed by atoms with Crippen molar-refractivity contribution in [3.63, 3.8) is 0 Å². The lowest BCUT2D eigenvalue weighted by atomic mass is 10.00. The topological polar surface area (TPSA) is 78.9 Å². The Bertz CT molecular complexity index is 661. The summed E-state index contributed by atoms with van der Waals surface area (Å²) >= 11 is 0. The van der Waals surface area contributed by atoms with E-state index in [-0.39, 0.29) is 12.0 Å². The minimum absolute atomic E-state index is 0.104. The van der Waals surface area contributed by atoms with E-state index < -0.39 is 0 Å². The van der Waals surface area contributed by atoms with Crippen LogP contribution in [-0.2, 0) is 4.74 Å². The van der Waals surface area contributed by atoms with Crippen LogP contribution in [0.5, 0.6) is 0 Å². The molecule has 8 heteroatoms. The third kappa shape index (κ3) is 4.48. The zero-order valence-electron chi connectivity index (χ0n) is 16.3. The van der Waals surface area contributed by atoms with Crippen LogP contribution < -0.4 is 4.90 Å². The van der Waals surface area contributed by atoms with Gasteiger partial charge in [0.05, 0.1) is 6.61 Å². The number of piperazine rings is 1. The molecule has 2 aliphatic heterocycles. The average Bonchev–Trinajstić information content (AvgIpc) is 2.73. The van der Waals surface area contributed by atoms with Crippen LogP contribution in [0.25, 0.3) is 0 Å². The van der Waals surface area contributed by atoms with Crippen molar-refractivity contribution in [2.75, 3.05) is 44.2 Å². The number of anilines is 1. The van der Waals surface area contributed by atoms with E-state index in [0.717, 1.165) is 25.2 Å². The van der Waals surface area contributed by atoms with Crippen molar-refractivity contribution in [1.29, 1.82) is 0 Å². The van der Waals surface area contributed by atoms with Gasteiger partial charge in [-0.1, -0.05) is 6.92 Å². The Balaban J connectivity index is 1.65. The van der Waals surface area contributed by atoms with Gasteiger partial charge >= 0.3 is 6.09 Å². The molecule has 3 rings (SSSR count). The van der Waals surface area contributed by atoms with E-state index in [1.54, 1.807) is 16.7 Å². The lowest BCUT2D eigenvalue weighted by Gasteiger charge is -2.36. The summed E-state index contributed by atoms with van der Waals surface area (Å²) < 4.78 is 5.02. The molecule has 2 saturated heterocycles. The van der Waals surface area contributed by atoms with Crippen molar-refractivity contribution < 1.29 is 14.3 Å². The molecule has 1 atom stereocenters. The zero-order chi connectivity index (χ0) is 19.2. The van der Waals surface area contributed by atoms with Gasteiger partial charge in [0.25, 0.3) is 5.91 Å². The van der Waals surface area contributed by atoms with Crippen LogP contribution in [0.2, 0.25) is 0 Å². The molecule has 27 heavy (non-hydrogen) atoms. The van der Waals surface area contributed by atoms with Crippen LogP contribution >= 0.6 is 0 Å². The van der Waals surface area contributed by atoms with E-state index in [9.17, 15) is 9.59 Å². The maximum absolute atomic E-state index is 12.9. The van der Waals surface area contributed by atoms with Gasteiger partial charge in [-0.3, -0.25) is 4.79 Å². The predicted molar refractivity (Wildman–Crippen MR) is 102 cm³/mol. The molecule has 3 heterocycles. The number of hydrogen-bond donors (Lipinski definition) is 0. The number of carbonyl (C=O) groups excluding carboxylic acids is 2. The predicted octanol–water partition coefficient (Wildman–Crippen LogP) is 2.16. The summed E-state index contributed by atoms with van der Waals surface area (Å²) in [4.78, 5) is 39.0. The molecule has 0 aromatic carbocycles. The smallest absolute Gasteiger partial charge is 0.409 e. The zero-order valence-corrected chi connectivity index (χ0v) is 16.3. The average molecular weight is 375 g/mol. The highest BCUT2D eigenvalue weighted by Gasteiger charge is 2.27. The fourth-order valence-corrected chi connectivity index (χ4v) is 3.82. The van der Waals surface area contributed by atoms with E-state index in [1.807, 2.05) is 6.07 Å². The lowest BCUT2D eigenvalue weighted by molar-refractivity contribution is 0.0566. The highest BCUT2D eigenvalue weighted by molar-refractivity contribution is 5.93. The van der Waals surface area contributed by atoms with Crippen LogP contribution in [-0.4, -0.2) is 77.1 Å². The van der Waals surface area contributed by atoms with Crippen molar-refractivity contribution in [1.82, 2.24) is 19.8 Å². The number of piperidine rings is 1. The highest BCUT2D eigenvalue weighted by atomic mass is 16.6. The fraction of sp³-hybridized carbons (Fsp3) is 0.684. The summed E-state index contributed by atoms with van der Waals surface area (Å²) in [6.45, 7) is 7.24. The van der Waals surface area contributed by atoms with Gasteiger partial charge < -0.3 is 19.4 Å². The van der Waals surface area contributed by atoms with Gasteiger partial charge in [0, 0.05) is 44.8 Å². The summed E-state index contributed by atoms with van der Waals surface area (Å²) in [5.41, 5.74) is 0.421. The first-order chi connectivity index (χ1) is 13.1. The quantitative estimate of drug-likeness (QED) is 0.802.